The van der Waals surface area contributed by atoms with Crippen molar-refractivity contribution >= 4 is 22.7 Å². The molecule has 0 N–H and O–H groups in total. The summed E-state index contributed by atoms with van der Waals surface area (Å²) in [6.45, 7) is 25.3. The topological polar surface area (TPSA) is 25.9 Å². The van der Waals surface area contributed by atoms with Crippen LogP contribution < -0.4 is 19.6 Å². The lowest BCUT2D eigenvalue weighted by molar-refractivity contribution is -0.00639. The molecule has 7 saturated carbocycles. The summed E-state index contributed by atoms with van der Waals surface area (Å²) in [5.41, 5.74) is 24.1. The number of anilines is 4. The van der Waals surface area contributed by atoms with Crippen LogP contribution in [-0.2, 0) is 5.54 Å². The van der Waals surface area contributed by atoms with E-state index in [0.29, 0.717) is 30.3 Å². The van der Waals surface area contributed by atoms with Gasteiger partial charge >= 0.3 is 0 Å². The van der Waals surface area contributed by atoms with E-state index in [1.807, 2.05) is 13.0 Å². The molecule has 5 aromatic rings. The highest BCUT2D eigenvalue weighted by Gasteiger charge is 2.60. The third-order valence-electron chi connectivity index (χ3n) is 30.9. The Hall–Kier alpha value is -7.58. The minimum atomic E-state index is -0.638. The molecule has 15 aliphatic rings. The zero-order valence-electron chi connectivity index (χ0n) is 70.4. The van der Waals surface area contributed by atoms with Crippen molar-refractivity contribution in [2.24, 2.45) is 41.4 Å². The number of hydrogen-bond acceptors (Lipinski definition) is 8. The molecule has 7 atom stereocenters. The summed E-state index contributed by atoms with van der Waals surface area (Å²) in [4.78, 5) is 21.7. The number of hydrogen-bond donors (Lipinski definition) is 0. The van der Waals surface area contributed by atoms with E-state index in [0.717, 1.165) is 29.6 Å². The van der Waals surface area contributed by atoms with Gasteiger partial charge in [0.1, 0.15) is 24.7 Å². The van der Waals surface area contributed by atoms with Gasteiger partial charge in [0, 0.05) is 51.6 Å². The van der Waals surface area contributed by atoms with E-state index in [9.17, 15) is 0 Å². The molecule has 8 nitrogen and oxygen atoms in total. The number of allylic oxidation sites excluding steroid dienone is 8. The normalized spacial score (nSPS) is 29.8. The summed E-state index contributed by atoms with van der Waals surface area (Å²) < 4.78 is 8.78. The molecule has 0 radical (unpaired) electrons. The van der Waals surface area contributed by atoms with E-state index in [1.54, 1.807) is 5.70 Å². The minimum absolute atomic E-state index is 0.0947. The van der Waals surface area contributed by atoms with E-state index in [-0.39, 0.29) is 22.8 Å². The van der Waals surface area contributed by atoms with Crippen molar-refractivity contribution in [3.8, 4) is 0 Å². The van der Waals surface area contributed by atoms with Crippen molar-refractivity contribution in [2.75, 3.05) is 19.6 Å². The fourth-order valence-corrected chi connectivity index (χ4v) is 25.3. The maximum atomic E-state index is 8.78. The van der Waals surface area contributed by atoms with Crippen LogP contribution in [0.5, 0.6) is 0 Å². The zero-order chi connectivity index (χ0) is 76.5. The van der Waals surface area contributed by atoms with Crippen molar-refractivity contribution in [3.05, 3.63) is 249 Å². The summed E-state index contributed by atoms with van der Waals surface area (Å²) in [7, 11) is 0. The van der Waals surface area contributed by atoms with Gasteiger partial charge in [-0.2, -0.15) is 0 Å². The van der Waals surface area contributed by atoms with Crippen LogP contribution in [0.15, 0.2) is 222 Å². The number of para-hydroxylation sites is 4. The van der Waals surface area contributed by atoms with Gasteiger partial charge in [0.05, 0.1) is 40.8 Å². The Morgan fingerprint density at radius 3 is 1.06 bits per heavy atom. The molecule has 20 rings (SSSR count). The van der Waals surface area contributed by atoms with E-state index < -0.39 is 6.02 Å². The van der Waals surface area contributed by atoms with Crippen LogP contribution in [0.2, 0.25) is 0 Å². The molecular weight excluding hydrogens is 1340 g/mol. The van der Waals surface area contributed by atoms with Crippen LogP contribution >= 0.6 is 0 Å². The first kappa shape index (κ1) is 73.9. The van der Waals surface area contributed by atoms with Crippen molar-refractivity contribution in [1.29, 1.82) is 0 Å². The number of fused-ring (bicyclic) bond motifs is 4. The molecule has 5 aromatic carbocycles. The first-order chi connectivity index (χ1) is 53.9. The van der Waals surface area contributed by atoms with Crippen molar-refractivity contribution < 1.29 is 1.37 Å². The predicted octanol–water partition coefficient (Wildman–Crippen LogP) is 25.9. The summed E-state index contributed by atoms with van der Waals surface area (Å²) in [6.07, 6.45) is 62.8. The van der Waals surface area contributed by atoms with Crippen molar-refractivity contribution in [3.63, 3.8) is 0 Å². The van der Waals surface area contributed by atoms with E-state index in [1.165, 1.54) is 283 Å². The monoisotopic (exact) mass is 1470 g/mol. The maximum Gasteiger partial charge on any atom is 0.110 e. The van der Waals surface area contributed by atoms with Crippen molar-refractivity contribution in [1.82, 2.24) is 19.6 Å². The lowest BCUT2D eigenvalue weighted by Gasteiger charge is -2.55. The highest BCUT2D eigenvalue weighted by molar-refractivity contribution is 5.68. The standard InChI is InChI=1S/C31H44N2.C26H30N2.C25H34N2.C20H26N2/c1-23-13-9-12-20-28(23)32-24(2)29-21-22-31(26-16-5-3-6-17-26,27-18-7-4-8-19-27)33(29)30(32)25-14-10-11-15-25;1-19-11-7-10-16-23(19)27-20(2)24-17-18-26(3,22-14-5-4-6-15-22)28(24)25(27)21-12-8-9-13-21;1-18-10-4-9-15-22(18)26-19(2)23-16-17-25(3,21-13-7-8-14-21)27(23)24(26)20-11-5-6-12-20;1-14-8-4-7-11-18(14)22-16(3)19-13-12-15(2)21(19)20(22)17-9-5-6-10-17/h9,12-13,20-22,25-27,30H,3-8,10-11,14-19H2,1-2H3;4-7,10-11,14-18,21,25H,8-9,12-13H2,1-3H3;4,9-10,15-17,20-21,24H,5-8,11-14H2,1-3H3;4,7-8,11-13,15,17,20H,5-6,9-10H2,1-3H3/i;;;15D. The highest BCUT2D eigenvalue weighted by Crippen LogP contribution is 2.60. The summed E-state index contributed by atoms with van der Waals surface area (Å²) >= 11 is 0. The van der Waals surface area contributed by atoms with Gasteiger partial charge in [-0.1, -0.05) is 230 Å². The van der Waals surface area contributed by atoms with Crippen LogP contribution in [0, 0.1) is 69.1 Å². The molecular formula is C102H134N8. The first-order valence-corrected chi connectivity index (χ1v) is 44.7. The van der Waals surface area contributed by atoms with Crippen molar-refractivity contribution in [2.45, 2.75) is 316 Å². The second-order valence-electron chi connectivity index (χ2n) is 37.1. The van der Waals surface area contributed by atoms with E-state index >= 15 is 0 Å². The van der Waals surface area contributed by atoms with Gasteiger partial charge in [-0.3, -0.25) is 0 Å². The summed E-state index contributed by atoms with van der Waals surface area (Å²) in [5, 5.41) is 0. The molecule has 0 aromatic heterocycles. The average molecular weight is 1470 g/mol. The molecule has 0 spiro atoms. The largest absolute Gasteiger partial charge is 0.343 e. The van der Waals surface area contributed by atoms with Crippen LogP contribution in [0.3, 0.4) is 0 Å². The third-order valence-corrected chi connectivity index (χ3v) is 30.9. The fraction of sp³-hybridized carbons (Fsp3) is 0.549. The number of nitrogens with zero attached hydrogens (tertiary/aromatic N) is 8. The smallest absolute Gasteiger partial charge is 0.110 e. The number of aryl methyl sites for hydroxylation is 4. The third kappa shape index (κ3) is 13.0. The Labute approximate surface area is 666 Å². The molecule has 7 aliphatic carbocycles. The van der Waals surface area contributed by atoms with Gasteiger partial charge in [0.15, 0.2) is 0 Å². The molecule has 582 valence electrons. The lowest BCUT2D eigenvalue weighted by Crippen LogP contribution is -2.61. The molecule has 110 heavy (non-hydrogen) atoms. The molecule has 8 heteroatoms. The SMILES string of the molecule is CC1=C2C=CC(C)(C3CCCC3)N2C(C2CCCC2)N1c1ccccc1C.CC1=C2C=CC(C)(c3ccccc3)N2C(C2CCCC2)N1c1ccccc1C.CC1=C2C=CC(C3CCCCC3)(C3CCCCC3)N2C(C2CCCC2)N1c1ccccc1C.[2H]C1(C)C=CC2=C(C)N(c3ccccc3C)C(C3CCCC3)N21. The predicted molar refractivity (Wildman–Crippen MR) is 462 cm³/mol. The Balaban J connectivity index is 0.000000108. The quantitative estimate of drug-likeness (QED) is 0.122. The molecule has 7 unspecified atom stereocenters. The first-order valence-electron chi connectivity index (χ1n) is 45.2. The van der Waals surface area contributed by atoms with Crippen LogP contribution in [0.25, 0.3) is 0 Å². The van der Waals surface area contributed by atoms with Crippen LogP contribution in [-0.4, -0.2) is 61.4 Å². The maximum absolute atomic E-state index is 8.78. The van der Waals surface area contributed by atoms with Gasteiger partial charge in [0.25, 0.3) is 0 Å². The Morgan fingerprint density at radius 2 is 0.627 bits per heavy atom. The Kier molecular flexibility index (Phi) is 21.1. The molecule has 0 amide bonds. The molecule has 8 aliphatic heterocycles. The van der Waals surface area contributed by atoms with Gasteiger partial charge in [-0.15, -0.1) is 0 Å². The molecule has 0 saturated heterocycles. The number of benzene rings is 5. The molecule has 8 heterocycles. The van der Waals surface area contributed by atoms with Gasteiger partial charge in [-0.25, -0.2) is 0 Å². The Morgan fingerprint density at radius 1 is 0.309 bits per heavy atom. The minimum Gasteiger partial charge on any atom is -0.343 e. The summed E-state index contributed by atoms with van der Waals surface area (Å²) in [6, 6.07) is 46.1. The second-order valence-corrected chi connectivity index (χ2v) is 37.1. The Bertz CT molecular complexity index is 4410. The van der Waals surface area contributed by atoms with Gasteiger partial charge < -0.3 is 39.2 Å². The lowest BCUT2D eigenvalue weighted by atomic mass is 9.63. The molecule has 7 fully saturated rings. The average Bonchev–Trinajstić information content (AvgIpc) is 1.55. The van der Waals surface area contributed by atoms with E-state index in [4.69, 9.17) is 1.37 Å². The van der Waals surface area contributed by atoms with Gasteiger partial charge in [-0.05, 0) is 284 Å². The zero-order valence-corrected chi connectivity index (χ0v) is 69.4. The van der Waals surface area contributed by atoms with Crippen LogP contribution in [0.4, 0.5) is 22.7 Å². The second kappa shape index (κ2) is 31.4. The highest BCUT2D eigenvalue weighted by atomic mass is 15.5. The fourth-order valence-electron chi connectivity index (χ4n) is 25.3. The van der Waals surface area contributed by atoms with Crippen LogP contribution in [0.1, 0.15) is 270 Å². The summed E-state index contributed by atoms with van der Waals surface area (Å²) in [5.74, 6) is 5.37. The number of rotatable bonds is 12. The van der Waals surface area contributed by atoms with Gasteiger partial charge in [0.2, 0.25) is 0 Å². The molecule has 0 bridgehead atoms. The van der Waals surface area contributed by atoms with E-state index in [2.05, 4.69) is 278 Å².